The highest BCUT2D eigenvalue weighted by Crippen LogP contribution is 2.28. The Labute approximate surface area is 166 Å². The second kappa shape index (κ2) is 8.22. The highest BCUT2D eigenvalue weighted by atomic mass is 16.3. The predicted molar refractivity (Wildman–Crippen MR) is 113 cm³/mol. The van der Waals surface area contributed by atoms with Crippen LogP contribution < -0.4 is 10.2 Å². The lowest BCUT2D eigenvalue weighted by atomic mass is 10.1. The van der Waals surface area contributed by atoms with Gasteiger partial charge in [0.1, 0.15) is 17.2 Å². The van der Waals surface area contributed by atoms with Crippen LogP contribution in [0.2, 0.25) is 0 Å². The third-order valence-electron chi connectivity index (χ3n) is 5.43. The Morgan fingerprint density at radius 1 is 1.21 bits per heavy atom. The van der Waals surface area contributed by atoms with E-state index in [1.165, 1.54) is 25.7 Å². The van der Waals surface area contributed by atoms with Crippen molar-refractivity contribution in [2.75, 3.05) is 43.9 Å². The van der Waals surface area contributed by atoms with Crippen LogP contribution in [-0.2, 0) is 0 Å². The quantitative estimate of drug-likeness (QED) is 0.672. The summed E-state index contributed by atoms with van der Waals surface area (Å²) in [4.78, 5) is 17.2. The Kier molecular flexibility index (Phi) is 5.52. The molecule has 7 heteroatoms. The Balaban J connectivity index is 1.61. The molecule has 0 amide bonds. The molecule has 0 saturated carbocycles. The van der Waals surface area contributed by atoms with Gasteiger partial charge in [-0.15, -0.1) is 0 Å². The lowest BCUT2D eigenvalue weighted by Gasteiger charge is -2.29. The summed E-state index contributed by atoms with van der Waals surface area (Å²) in [6, 6.07) is 6.35. The van der Waals surface area contributed by atoms with Gasteiger partial charge < -0.3 is 19.6 Å². The van der Waals surface area contributed by atoms with Gasteiger partial charge in [-0.3, -0.25) is 4.90 Å². The number of anilines is 2. The number of nitrogens with zero attached hydrogens (tertiary/aromatic N) is 4. The first-order valence-electron chi connectivity index (χ1n) is 10.2. The smallest absolute Gasteiger partial charge is 0.228 e. The molecule has 0 aliphatic carbocycles. The number of nitrogens with one attached hydrogen (secondary N) is 2. The molecule has 1 saturated heterocycles. The third-order valence-corrected chi connectivity index (χ3v) is 5.43. The van der Waals surface area contributed by atoms with Gasteiger partial charge in [0.15, 0.2) is 0 Å². The van der Waals surface area contributed by atoms with Gasteiger partial charge in [-0.2, -0.15) is 9.97 Å². The summed E-state index contributed by atoms with van der Waals surface area (Å²) in [6.45, 7) is 5.01. The molecule has 2 N–H and O–H groups in total. The second-order valence-corrected chi connectivity index (χ2v) is 7.84. The first-order valence-corrected chi connectivity index (χ1v) is 10.2. The molecule has 3 aromatic heterocycles. The van der Waals surface area contributed by atoms with Crippen molar-refractivity contribution in [2.45, 2.75) is 38.6 Å². The van der Waals surface area contributed by atoms with Crippen molar-refractivity contribution >= 4 is 22.8 Å². The maximum atomic E-state index is 5.80. The highest BCUT2D eigenvalue weighted by Gasteiger charge is 2.24. The fourth-order valence-electron chi connectivity index (χ4n) is 3.95. The molecule has 150 valence electrons. The van der Waals surface area contributed by atoms with Crippen LogP contribution in [0.1, 0.15) is 43.2 Å². The normalized spacial score (nSPS) is 16.8. The lowest BCUT2D eigenvalue weighted by Crippen LogP contribution is -2.34. The van der Waals surface area contributed by atoms with Crippen molar-refractivity contribution in [3.05, 3.63) is 35.9 Å². The summed E-state index contributed by atoms with van der Waals surface area (Å²) in [5.41, 5.74) is 1.95. The molecule has 1 fully saturated rings. The molecule has 0 aromatic carbocycles. The molecule has 28 heavy (non-hydrogen) atoms. The molecule has 1 unspecified atom stereocenters. The molecule has 3 aromatic rings. The van der Waals surface area contributed by atoms with Crippen molar-refractivity contribution < 1.29 is 4.42 Å². The average molecular weight is 383 g/mol. The van der Waals surface area contributed by atoms with E-state index in [2.05, 4.69) is 32.3 Å². The van der Waals surface area contributed by atoms with Crippen LogP contribution >= 0.6 is 0 Å². The van der Waals surface area contributed by atoms with Gasteiger partial charge in [0.25, 0.3) is 0 Å². The van der Waals surface area contributed by atoms with Crippen LogP contribution in [0.15, 0.2) is 28.9 Å². The summed E-state index contributed by atoms with van der Waals surface area (Å²) in [5, 5.41) is 4.63. The fourth-order valence-corrected chi connectivity index (χ4v) is 3.95. The zero-order valence-electron chi connectivity index (χ0n) is 17.0. The molecule has 4 rings (SSSR count). The van der Waals surface area contributed by atoms with Crippen LogP contribution in [-0.4, -0.2) is 53.6 Å². The van der Waals surface area contributed by atoms with Crippen molar-refractivity contribution in [3.63, 3.8) is 0 Å². The van der Waals surface area contributed by atoms with Gasteiger partial charge in [0.05, 0.1) is 17.7 Å². The molecule has 1 aliphatic heterocycles. The number of aryl methyl sites for hydroxylation is 1. The topological polar surface area (TPSA) is 73.2 Å². The minimum atomic E-state index is 0.195. The summed E-state index contributed by atoms with van der Waals surface area (Å²) < 4.78 is 5.80. The van der Waals surface area contributed by atoms with Crippen LogP contribution in [0.25, 0.3) is 11.0 Å². The van der Waals surface area contributed by atoms with E-state index in [4.69, 9.17) is 9.40 Å². The minimum absolute atomic E-state index is 0.195. The van der Waals surface area contributed by atoms with Crippen molar-refractivity contribution in [2.24, 2.45) is 0 Å². The van der Waals surface area contributed by atoms with Gasteiger partial charge in [-0.1, -0.05) is 12.8 Å². The Morgan fingerprint density at radius 2 is 2.00 bits per heavy atom. The van der Waals surface area contributed by atoms with Gasteiger partial charge in [-0.05, 0) is 51.1 Å². The predicted octanol–water partition coefficient (Wildman–Crippen LogP) is 3.95. The van der Waals surface area contributed by atoms with Crippen LogP contribution in [0.4, 0.5) is 11.8 Å². The van der Waals surface area contributed by atoms with Crippen molar-refractivity contribution in [1.29, 1.82) is 0 Å². The molecular weight excluding hydrogens is 352 g/mol. The summed E-state index contributed by atoms with van der Waals surface area (Å²) in [5.74, 6) is 2.57. The molecule has 4 heterocycles. The summed E-state index contributed by atoms with van der Waals surface area (Å²) in [6.07, 6.45) is 6.89. The number of rotatable bonds is 6. The van der Waals surface area contributed by atoms with E-state index < -0.39 is 0 Å². The van der Waals surface area contributed by atoms with E-state index >= 15 is 0 Å². The van der Waals surface area contributed by atoms with E-state index in [0.717, 1.165) is 47.9 Å². The largest absolute Gasteiger partial charge is 0.468 e. The number of fused-ring (bicyclic) bond motifs is 1. The summed E-state index contributed by atoms with van der Waals surface area (Å²) in [7, 11) is 3.92. The molecule has 0 bridgehead atoms. The highest BCUT2D eigenvalue weighted by molar-refractivity contribution is 5.89. The van der Waals surface area contributed by atoms with Crippen LogP contribution in [0.3, 0.4) is 0 Å². The maximum absolute atomic E-state index is 5.80. The van der Waals surface area contributed by atoms with E-state index in [1.807, 2.05) is 32.0 Å². The number of likely N-dealkylation sites (tertiary alicyclic amines) is 1. The average Bonchev–Trinajstić information content (AvgIpc) is 3.24. The zero-order chi connectivity index (χ0) is 19.5. The van der Waals surface area contributed by atoms with E-state index in [1.54, 1.807) is 6.26 Å². The van der Waals surface area contributed by atoms with Crippen LogP contribution in [0, 0.1) is 6.92 Å². The molecule has 7 nitrogen and oxygen atoms in total. The molecule has 0 spiro atoms. The number of aromatic amines is 1. The standard InChI is InChI=1S/C21H30N6O/c1-15-13-16-19(24-21(26(2)3)25-20(16)23-15)22-14-17(18-9-8-12-28-18)27-10-6-4-5-7-11-27/h8-9,12-13,17H,4-7,10-11,14H2,1-3H3,(H2,22,23,24,25). The van der Waals surface area contributed by atoms with E-state index in [9.17, 15) is 0 Å². The Bertz CT molecular complexity index is 893. The SMILES string of the molecule is Cc1cc2c(NCC(c3ccco3)N3CCCCCC3)nc(N(C)C)nc2[nH]1. The molecule has 0 radical (unpaired) electrons. The number of hydrogen-bond acceptors (Lipinski definition) is 6. The third kappa shape index (κ3) is 3.99. The first-order chi connectivity index (χ1) is 13.6. The Hall–Kier alpha value is -2.54. The van der Waals surface area contributed by atoms with Gasteiger partial charge in [-0.25, -0.2) is 0 Å². The maximum Gasteiger partial charge on any atom is 0.228 e. The van der Waals surface area contributed by atoms with E-state index in [0.29, 0.717) is 5.95 Å². The van der Waals surface area contributed by atoms with Crippen molar-refractivity contribution in [3.8, 4) is 0 Å². The number of hydrogen-bond donors (Lipinski definition) is 2. The number of furan rings is 1. The van der Waals surface area contributed by atoms with Crippen LogP contribution in [0.5, 0.6) is 0 Å². The monoisotopic (exact) mass is 382 g/mol. The summed E-state index contributed by atoms with van der Waals surface area (Å²) >= 11 is 0. The molecule has 1 aliphatic rings. The second-order valence-electron chi connectivity index (χ2n) is 7.84. The minimum Gasteiger partial charge on any atom is -0.468 e. The molecule has 1 atom stereocenters. The Morgan fingerprint density at radius 3 is 2.68 bits per heavy atom. The van der Waals surface area contributed by atoms with Crippen molar-refractivity contribution in [1.82, 2.24) is 19.9 Å². The lowest BCUT2D eigenvalue weighted by molar-refractivity contribution is 0.189. The zero-order valence-corrected chi connectivity index (χ0v) is 17.0. The number of H-pyrrole nitrogens is 1. The number of aromatic nitrogens is 3. The van der Waals surface area contributed by atoms with Gasteiger partial charge >= 0.3 is 0 Å². The first kappa shape index (κ1) is 18.8. The van der Waals surface area contributed by atoms with E-state index in [-0.39, 0.29) is 6.04 Å². The molecular formula is C21H30N6O. The fraction of sp³-hybridized carbons (Fsp3) is 0.524. The van der Waals surface area contributed by atoms with Gasteiger partial charge in [0.2, 0.25) is 5.95 Å². The van der Waals surface area contributed by atoms with Gasteiger partial charge in [0, 0.05) is 26.3 Å².